The summed E-state index contributed by atoms with van der Waals surface area (Å²) in [6, 6.07) is 11.8. The fraction of sp³-hybridized carbons (Fsp3) is 0.292. The molecule has 5 heteroatoms. The maximum Gasteiger partial charge on any atom is 0.340 e. The minimum absolute atomic E-state index is 0.0447. The lowest BCUT2D eigenvalue weighted by Crippen LogP contribution is -2.24. The molecule has 5 nitrogen and oxygen atoms in total. The van der Waals surface area contributed by atoms with Gasteiger partial charge in [0.25, 0.3) is 5.91 Å². The number of allylic oxidation sites excluding steroid dienone is 1. The number of carbonyl (C=O) groups excluding carboxylic acids is 2. The number of methoxy groups -OCH3 is 1. The number of carbonyl (C=O) groups is 2. The molecule has 0 spiro atoms. The predicted molar refractivity (Wildman–Crippen MR) is 113 cm³/mol. The van der Waals surface area contributed by atoms with Gasteiger partial charge in [-0.3, -0.25) is 9.78 Å². The smallest absolute Gasteiger partial charge is 0.340 e. The molecule has 1 aromatic carbocycles. The van der Waals surface area contributed by atoms with E-state index in [0.717, 1.165) is 11.1 Å². The lowest BCUT2D eigenvalue weighted by atomic mass is 9.86. The first-order valence-electron chi connectivity index (χ1n) is 9.55. The van der Waals surface area contributed by atoms with Gasteiger partial charge in [0, 0.05) is 18.1 Å². The van der Waals surface area contributed by atoms with Gasteiger partial charge in [-0.1, -0.05) is 51.1 Å². The topological polar surface area (TPSA) is 59.5 Å². The Balaban J connectivity index is 1.99. The van der Waals surface area contributed by atoms with E-state index in [1.54, 1.807) is 30.3 Å². The summed E-state index contributed by atoms with van der Waals surface area (Å²) in [6.45, 7) is 8.57. The van der Waals surface area contributed by atoms with Crippen LogP contribution in [0.5, 0.6) is 0 Å². The number of ether oxygens (including phenoxy) is 1. The van der Waals surface area contributed by atoms with Crippen LogP contribution in [0, 0.1) is 0 Å². The Morgan fingerprint density at radius 2 is 1.86 bits per heavy atom. The fourth-order valence-electron chi connectivity index (χ4n) is 3.34. The summed E-state index contributed by atoms with van der Waals surface area (Å²) < 4.78 is 4.95. The third kappa shape index (κ3) is 4.29. The molecule has 0 fully saturated rings. The van der Waals surface area contributed by atoms with Gasteiger partial charge in [-0.05, 0) is 41.2 Å². The molecule has 150 valence electrons. The minimum Gasteiger partial charge on any atom is -0.465 e. The number of nitrogens with zero attached hydrogens (tertiary/aromatic N) is 2. The summed E-state index contributed by atoms with van der Waals surface area (Å²) in [5.74, 6) is -0.728. The van der Waals surface area contributed by atoms with Gasteiger partial charge in [0.2, 0.25) is 0 Å². The summed E-state index contributed by atoms with van der Waals surface area (Å²) in [7, 11) is 1.33. The van der Waals surface area contributed by atoms with Crippen LogP contribution in [0.3, 0.4) is 0 Å². The number of rotatable bonds is 4. The van der Waals surface area contributed by atoms with E-state index in [2.05, 4.69) is 25.8 Å². The molecule has 3 rings (SSSR count). The highest BCUT2D eigenvalue weighted by molar-refractivity contribution is 6.16. The predicted octanol–water partition coefficient (Wildman–Crippen LogP) is 4.25. The van der Waals surface area contributed by atoms with E-state index in [9.17, 15) is 9.59 Å². The Morgan fingerprint density at radius 3 is 2.41 bits per heavy atom. The van der Waals surface area contributed by atoms with E-state index in [1.807, 2.05) is 36.4 Å². The summed E-state index contributed by atoms with van der Waals surface area (Å²) in [4.78, 5) is 31.3. The van der Waals surface area contributed by atoms with Gasteiger partial charge in [-0.25, -0.2) is 4.79 Å². The van der Waals surface area contributed by atoms with Crippen LogP contribution in [0.4, 0.5) is 0 Å². The summed E-state index contributed by atoms with van der Waals surface area (Å²) in [5, 5.41) is 0. The Kier molecular flexibility index (Phi) is 5.69. The van der Waals surface area contributed by atoms with Crippen molar-refractivity contribution in [2.75, 3.05) is 7.11 Å². The van der Waals surface area contributed by atoms with Crippen LogP contribution in [0.15, 0.2) is 65.6 Å². The van der Waals surface area contributed by atoms with Gasteiger partial charge >= 0.3 is 5.97 Å². The number of pyridine rings is 1. The Bertz CT molecular complexity index is 981. The number of benzene rings is 1. The minimum atomic E-state index is -0.512. The van der Waals surface area contributed by atoms with E-state index in [4.69, 9.17) is 4.74 Å². The zero-order valence-electron chi connectivity index (χ0n) is 17.5. The van der Waals surface area contributed by atoms with Gasteiger partial charge in [-0.15, -0.1) is 0 Å². The first-order chi connectivity index (χ1) is 13.7. The van der Waals surface area contributed by atoms with Crippen LogP contribution in [-0.4, -0.2) is 28.9 Å². The molecular formula is C24H26N2O3. The van der Waals surface area contributed by atoms with Crippen molar-refractivity contribution in [3.63, 3.8) is 0 Å². The lowest BCUT2D eigenvalue weighted by Gasteiger charge is -2.19. The third-order valence-electron chi connectivity index (χ3n) is 5.05. The average Bonchev–Trinajstić information content (AvgIpc) is 2.92. The van der Waals surface area contributed by atoms with Crippen molar-refractivity contribution in [2.45, 2.75) is 39.7 Å². The summed E-state index contributed by atoms with van der Waals surface area (Å²) in [5.41, 5.74) is 4.24. The summed E-state index contributed by atoms with van der Waals surface area (Å²) >= 11 is 0. The second-order valence-corrected chi connectivity index (χ2v) is 8.13. The maximum absolute atomic E-state index is 13.2. The zero-order valence-corrected chi connectivity index (χ0v) is 17.5. The Hall–Kier alpha value is -3.21. The molecule has 0 radical (unpaired) electrons. The van der Waals surface area contributed by atoms with Crippen molar-refractivity contribution in [3.05, 3.63) is 82.3 Å². The molecule has 0 saturated carbocycles. The normalized spacial score (nSPS) is 16.0. The van der Waals surface area contributed by atoms with Gasteiger partial charge in [-0.2, -0.15) is 0 Å². The zero-order chi connectivity index (χ0) is 21.2. The van der Waals surface area contributed by atoms with E-state index in [1.165, 1.54) is 12.7 Å². The molecule has 0 unspecified atom stereocenters. The molecule has 1 aliphatic heterocycles. The van der Waals surface area contributed by atoms with Crippen LogP contribution < -0.4 is 0 Å². The van der Waals surface area contributed by atoms with Gasteiger partial charge in [0.15, 0.2) is 0 Å². The molecule has 0 aliphatic carbocycles. The van der Waals surface area contributed by atoms with Gasteiger partial charge in [0.05, 0.1) is 24.8 Å². The molecule has 0 saturated heterocycles. The monoisotopic (exact) mass is 390 g/mol. The average molecular weight is 390 g/mol. The number of hydrogen-bond donors (Lipinski definition) is 0. The van der Waals surface area contributed by atoms with Crippen molar-refractivity contribution in [3.8, 4) is 0 Å². The van der Waals surface area contributed by atoms with Crippen molar-refractivity contribution >= 4 is 18.0 Å². The fourth-order valence-corrected chi connectivity index (χ4v) is 3.34. The van der Waals surface area contributed by atoms with Crippen LogP contribution in [0.1, 0.15) is 44.4 Å². The van der Waals surface area contributed by atoms with Crippen molar-refractivity contribution in [1.29, 1.82) is 0 Å². The number of aromatic nitrogens is 1. The van der Waals surface area contributed by atoms with Gasteiger partial charge in [0.1, 0.15) is 0 Å². The second kappa shape index (κ2) is 8.03. The molecule has 0 bridgehead atoms. The van der Waals surface area contributed by atoms with Crippen molar-refractivity contribution in [2.24, 2.45) is 0 Å². The molecule has 0 N–H and O–H groups in total. The van der Waals surface area contributed by atoms with Gasteiger partial charge < -0.3 is 9.64 Å². The number of amides is 1. The van der Waals surface area contributed by atoms with Crippen LogP contribution in [0.25, 0.3) is 6.08 Å². The summed E-state index contributed by atoms with van der Waals surface area (Å²) in [6.07, 6.45) is 5.16. The van der Waals surface area contributed by atoms with Crippen LogP contribution in [-0.2, 0) is 26.3 Å². The van der Waals surface area contributed by atoms with Crippen LogP contribution >= 0.6 is 0 Å². The first kappa shape index (κ1) is 20.5. The Morgan fingerprint density at radius 1 is 1.17 bits per heavy atom. The van der Waals surface area contributed by atoms with E-state index >= 15 is 0 Å². The number of esters is 1. The molecule has 2 heterocycles. The molecule has 2 aromatic rings. The van der Waals surface area contributed by atoms with Crippen LogP contribution in [0.2, 0.25) is 0 Å². The Labute approximate surface area is 171 Å². The second-order valence-electron chi connectivity index (χ2n) is 8.13. The highest BCUT2D eigenvalue weighted by Crippen LogP contribution is 2.33. The molecule has 1 amide bonds. The molecule has 1 aliphatic rings. The van der Waals surface area contributed by atoms with Crippen molar-refractivity contribution in [1.82, 2.24) is 9.88 Å². The number of hydrogen-bond acceptors (Lipinski definition) is 4. The maximum atomic E-state index is 13.2. The molecule has 0 atom stereocenters. The standard InChI is InChI=1S/C24H26N2O3/c1-16-21(23(28)29-5)20(13-17-8-10-19(11-9-17)24(2,3)4)22(27)26(16)15-18-7-6-12-25-14-18/h6-14H,15H2,1-5H3/b20-13-. The largest absolute Gasteiger partial charge is 0.465 e. The quantitative estimate of drug-likeness (QED) is 0.578. The van der Waals surface area contributed by atoms with E-state index in [0.29, 0.717) is 23.4 Å². The highest BCUT2D eigenvalue weighted by atomic mass is 16.5. The lowest BCUT2D eigenvalue weighted by molar-refractivity contribution is -0.136. The molecule has 1 aromatic heterocycles. The highest BCUT2D eigenvalue weighted by Gasteiger charge is 2.37. The van der Waals surface area contributed by atoms with E-state index < -0.39 is 5.97 Å². The first-order valence-corrected chi connectivity index (χ1v) is 9.55. The molecule has 29 heavy (non-hydrogen) atoms. The third-order valence-corrected chi connectivity index (χ3v) is 5.05. The SMILES string of the molecule is COC(=O)C1=C(C)N(Cc2cccnc2)C(=O)/C1=C\c1ccc(C(C)(C)C)cc1. The van der Waals surface area contributed by atoms with E-state index in [-0.39, 0.29) is 11.3 Å². The molecular weight excluding hydrogens is 364 g/mol. The van der Waals surface area contributed by atoms with Crippen molar-refractivity contribution < 1.29 is 14.3 Å².